The van der Waals surface area contributed by atoms with Crippen molar-refractivity contribution in [2.24, 2.45) is 11.8 Å². The van der Waals surface area contributed by atoms with Crippen LogP contribution in [0.1, 0.15) is 44.2 Å². The SMILES string of the molecule is Cc1ccc(/C=C/C(=O)NNC(=S)N[C@@H]2CCC[C@H](C)[C@@H]2C)cc1. The van der Waals surface area contributed by atoms with Crippen LogP contribution in [0, 0.1) is 18.8 Å². The lowest BCUT2D eigenvalue weighted by atomic mass is 9.78. The van der Waals surface area contributed by atoms with Crippen molar-refractivity contribution >= 4 is 29.3 Å². The smallest absolute Gasteiger partial charge is 0.262 e. The fraction of sp³-hybridized carbons (Fsp3) is 0.474. The molecule has 0 unspecified atom stereocenters. The third kappa shape index (κ3) is 5.64. The number of carbonyl (C=O) groups excluding carboxylic acids is 1. The van der Waals surface area contributed by atoms with Crippen LogP contribution in [0.3, 0.4) is 0 Å². The summed E-state index contributed by atoms with van der Waals surface area (Å²) < 4.78 is 0. The maximum atomic E-state index is 11.8. The third-order valence-electron chi connectivity index (χ3n) is 4.83. The van der Waals surface area contributed by atoms with E-state index in [9.17, 15) is 4.79 Å². The highest BCUT2D eigenvalue weighted by Crippen LogP contribution is 2.29. The summed E-state index contributed by atoms with van der Waals surface area (Å²) in [6, 6.07) is 8.35. The molecule has 1 saturated carbocycles. The molecule has 0 radical (unpaired) electrons. The normalized spacial score (nSPS) is 23.7. The molecule has 1 aromatic carbocycles. The average molecular weight is 346 g/mol. The molecule has 0 bridgehead atoms. The molecule has 0 heterocycles. The lowest BCUT2D eigenvalue weighted by molar-refractivity contribution is -0.116. The van der Waals surface area contributed by atoms with Gasteiger partial charge in [-0.15, -0.1) is 0 Å². The molecule has 0 saturated heterocycles. The molecule has 1 aliphatic carbocycles. The molecule has 3 atom stereocenters. The number of thiocarbonyl (C=S) groups is 1. The first kappa shape index (κ1) is 18.5. The summed E-state index contributed by atoms with van der Waals surface area (Å²) in [6.07, 6.45) is 6.88. The Morgan fingerprint density at radius 1 is 1.17 bits per heavy atom. The molecule has 1 amide bonds. The van der Waals surface area contributed by atoms with Gasteiger partial charge in [0.15, 0.2) is 5.11 Å². The fourth-order valence-electron chi connectivity index (χ4n) is 3.00. The van der Waals surface area contributed by atoms with Crippen LogP contribution in [0.25, 0.3) is 6.08 Å². The summed E-state index contributed by atoms with van der Waals surface area (Å²) in [5, 5.41) is 3.79. The molecule has 130 valence electrons. The van der Waals surface area contributed by atoms with Gasteiger partial charge in [0, 0.05) is 12.1 Å². The zero-order chi connectivity index (χ0) is 17.5. The van der Waals surface area contributed by atoms with Crippen LogP contribution in [0.5, 0.6) is 0 Å². The summed E-state index contributed by atoms with van der Waals surface area (Å²) in [7, 11) is 0. The number of carbonyl (C=O) groups is 1. The third-order valence-corrected chi connectivity index (χ3v) is 5.05. The van der Waals surface area contributed by atoms with E-state index in [0.717, 1.165) is 12.0 Å². The summed E-state index contributed by atoms with van der Waals surface area (Å²) in [4.78, 5) is 11.8. The zero-order valence-corrected chi connectivity index (χ0v) is 15.5. The van der Waals surface area contributed by atoms with Crippen molar-refractivity contribution < 1.29 is 4.79 Å². The topological polar surface area (TPSA) is 53.2 Å². The van der Waals surface area contributed by atoms with E-state index >= 15 is 0 Å². The van der Waals surface area contributed by atoms with Crippen molar-refractivity contribution in [1.29, 1.82) is 0 Å². The minimum atomic E-state index is -0.232. The standard InChI is InChI=1S/C19H27N3OS/c1-13-7-9-16(10-8-13)11-12-18(23)21-22-19(24)20-17-6-4-5-14(2)15(17)3/h7-12,14-15,17H,4-6H2,1-3H3,(H,21,23)(H2,20,22,24)/b12-11+/t14-,15-,17+/m0/s1. The molecular weight excluding hydrogens is 318 g/mol. The number of hydrazine groups is 1. The quantitative estimate of drug-likeness (QED) is 0.447. The molecule has 0 aromatic heterocycles. The van der Waals surface area contributed by atoms with E-state index in [4.69, 9.17) is 12.2 Å². The highest BCUT2D eigenvalue weighted by molar-refractivity contribution is 7.80. The minimum Gasteiger partial charge on any atom is -0.358 e. The summed E-state index contributed by atoms with van der Waals surface area (Å²) in [6.45, 7) is 6.58. The second kappa shape index (κ2) is 8.83. The van der Waals surface area contributed by atoms with E-state index in [2.05, 4.69) is 30.0 Å². The highest BCUT2D eigenvalue weighted by atomic mass is 32.1. The van der Waals surface area contributed by atoms with Gasteiger partial charge in [-0.3, -0.25) is 15.6 Å². The van der Waals surface area contributed by atoms with Gasteiger partial charge in [0.1, 0.15) is 0 Å². The van der Waals surface area contributed by atoms with E-state index in [-0.39, 0.29) is 5.91 Å². The van der Waals surface area contributed by atoms with Gasteiger partial charge in [0.2, 0.25) is 0 Å². The first-order valence-electron chi connectivity index (χ1n) is 8.57. The second-order valence-corrected chi connectivity index (χ2v) is 7.11. The minimum absolute atomic E-state index is 0.232. The molecule has 0 aliphatic heterocycles. The Morgan fingerprint density at radius 2 is 1.88 bits per heavy atom. The number of aryl methyl sites for hydroxylation is 1. The summed E-state index contributed by atoms with van der Waals surface area (Å²) in [5.74, 6) is 1.05. The first-order valence-corrected chi connectivity index (χ1v) is 8.98. The van der Waals surface area contributed by atoms with Gasteiger partial charge in [0.05, 0.1) is 0 Å². The monoisotopic (exact) mass is 345 g/mol. The molecule has 3 N–H and O–H groups in total. The molecule has 1 aromatic rings. The Morgan fingerprint density at radius 3 is 2.58 bits per heavy atom. The Hall–Kier alpha value is -1.88. The predicted molar refractivity (Wildman–Crippen MR) is 103 cm³/mol. The van der Waals surface area contributed by atoms with Crippen LogP contribution in [0.15, 0.2) is 30.3 Å². The van der Waals surface area contributed by atoms with E-state index < -0.39 is 0 Å². The van der Waals surface area contributed by atoms with Crippen molar-refractivity contribution in [3.63, 3.8) is 0 Å². The van der Waals surface area contributed by atoms with Crippen LogP contribution in [0.4, 0.5) is 0 Å². The van der Waals surface area contributed by atoms with Gasteiger partial charge < -0.3 is 5.32 Å². The number of rotatable bonds is 3. The van der Waals surface area contributed by atoms with Crippen molar-refractivity contribution in [3.05, 3.63) is 41.5 Å². The van der Waals surface area contributed by atoms with Crippen molar-refractivity contribution in [2.45, 2.75) is 46.1 Å². The maximum absolute atomic E-state index is 11.8. The molecular formula is C19H27N3OS. The van der Waals surface area contributed by atoms with Crippen LogP contribution < -0.4 is 16.2 Å². The molecule has 5 heteroatoms. The van der Waals surface area contributed by atoms with E-state index in [1.54, 1.807) is 6.08 Å². The van der Waals surface area contributed by atoms with Gasteiger partial charge in [0.25, 0.3) is 5.91 Å². The van der Waals surface area contributed by atoms with Gasteiger partial charge in [-0.05, 0) is 49.0 Å². The number of nitrogens with one attached hydrogen (secondary N) is 3. The van der Waals surface area contributed by atoms with E-state index in [1.165, 1.54) is 24.5 Å². The Labute approximate surface area is 150 Å². The number of amides is 1. The Balaban J connectivity index is 1.74. The second-order valence-electron chi connectivity index (χ2n) is 6.71. The van der Waals surface area contributed by atoms with Crippen LogP contribution in [0.2, 0.25) is 0 Å². The Bertz CT molecular complexity index is 597. The average Bonchev–Trinajstić information content (AvgIpc) is 2.56. The van der Waals surface area contributed by atoms with Crippen LogP contribution in [-0.2, 0) is 4.79 Å². The van der Waals surface area contributed by atoms with Crippen molar-refractivity contribution in [3.8, 4) is 0 Å². The van der Waals surface area contributed by atoms with Crippen LogP contribution in [-0.4, -0.2) is 17.1 Å². The summed E-state index contributed by atoms with van der Waals surface area (Å²) in [5.41, 5.74) is 7.56. The summed E-state index contributed by atoms with van der Waals surface area (Å²) >= 11 is 5.28. The van der Waals surface area contributed by atoms with Gasteiger partial charge in [-0.2, -0.15) is 0 Å². The highest BCUT2D eigenvalue weighted by Gasteiger charge is 2.27. The van der Waals surface area contributed by atoms with E-state index in [0.29, 0.717) is 23.0 Å². The zero-order valence-electron chi connectivity index (χ0n) is 14.6. The number of hydrogen-bond acceptors (Lipinski definition) is 2. The number of hydrogen-bond donors (Lipinski definition) is 3. The van der Waals surface area contributed by atoms with Gasteiger partial charge in [-0.1, -0.05) is 56.5 Å². The molecule has 24 heavy (non-hydrogen) atoms. The largest absolute Gasteiger partial charge is 0.358 e. The van der Waals surface area contributed by atoms with Gasteiger partial charge >= 0.3 is 0 Å². The Kier molecular flexibility index (Phi) is 6.79. The molecule has 0 spiro atoms. The molecule has 2 rings (SSSR count). The fourth-order valence-corrected chi connectivity index (χ4v) is 3.20. The molecule has 4 nitrogen and oxygen atoms in total. The van der Waals surface area contributed by atoms with Gasteiger partial charge in [-0.25, -0.2) is 0 Å². The molecule has 1 fully saturated rings. The lowest BCUT2D eigenvalue weighted by Gasteiger charge is -2.35. The number of benzene rings is 1. The predicted octanol–water partition coefficient (Wildman–Crippen LogP) is 3.33. The van der Waals surface area contributed by atoms with E-state index in [1.807, 2.05) is 31.2 Å². The van der Waals surface area contributed by atoms with Crippen molar-refractivity contribution in [2.75, 3.05) is 0 Å². The lowest BCUT2D eigenvalue weighted by Crippen LogP contribution is -2.52. The maximum Gasteiger partial charge on any atom is 0.262 e. The van der Waals surface area contributed by atoms with Crippen molar-refractivity contribution in [1.82, 2.24) is 16.2 Å². The van der Waals surface area contributed by atoms with Crippen LogP contribution >= 0.6 is 12.2 Å². The first-order chi connectivity index (χ1) is 11.5. The molecule has 1 aliphatic rings.